The van der Waals surface area contributed by atoms with Crippen molar-refractivity contribution < 1.29 is 9.53 Å². The molecule has 0 unspecified atom stereocenters. The molecule has 27 heavy (non-hydrogen) atoms. The van der Waals surface area contributed by atoms with Gasteiger partial charge in [-0.25, -0.2) is 9.97 Å². The largest absolute Gasteiger partial charge is 0.494 e. The van der Waals surface area contributed by atoms with E-state index < -0.39 is 0 Å². The van der Waals surface area contributed by atoms with E-state index in [1.165, 1.54) is 6.33 Å². The number of hydrogen-bond acceptors (Lipinski definition) is 5. The molecule has 6 nitrogen and oxygen atoms in total. The number of nitrogens with zero attached hydrogens (tertiary/aromatic N) is 2. The average molecular weight is 383 g/mol. The van der Waals surface area contributed by atoms with Crippen LogP contribution in [0.2, 0.25) is 5.02 Å². The fraction of sp³-hybridized carbons (Fsp3) is 0.150. The summed E-state index contributed by atoms with van der Waals surface area (Å²) in [4.78, 5) is 20.6. The molecule has 0 bridgehead atoms. The first-order valence-electron chi connectivity index (χ1n) is 8.49. The predicted octanol–water partition coefficient (Wildman–Crippen LogP) is 4.20. The molecule has 2 aromatic carbocycles. The highest BCUT2D eigenvalue weighted by Gasteiger charge is 2.10. The Kier molecular flexibility index (Phi) is 6.22. The zero-order chi connectivity index (χ0) is 19.1. The van der Waals surface area contributed by atoms with Crippen molar-refractivity contribution in [3.8, 4) is 5.75 Å². The van der Waals surface area contributed by atoms with Crippen LogP contribution in [0.1, 0.15) is 23.0 Å². The van der Waals surface area contributed by atoms with Crippen LogP contribution >= 0.6 is 11.6 Å². The maximum absolute atomic E-state index is 12.4. The van der Waals surface area contributed by atoms with Crippen LogP contribution in [0, 0.1) is 0 Å². The van der Waals surface area contributed by atoms with Crippen molar-refractivity contribution >= 4 is 29.0 Å². The van der Waals surface area contributed by atoms with E-state index in [0.29, 0.717) is 24.0 Å². The van der Waals surface area contributed by atoms with Gasteiger partial charge in [0.15, 0.2) is 0 Å². The van der Waals surface area contributed by atoms with E-state index in [1.54, 1.807) is 12.1 Å². The van der Waals surface area contributed by atoms with Gasteiger partial charge >= 0.3 is 0 Å². The molecule has 0 aliphatic carbocycles. The minimum atomic E-state index is -0.299. The third-order valence-electron chi connectivity index (χ3n) is 3.73. The van der Waals surface area contributed by atoms with E-state index in [-0.39, 0.29) is 11.6 Å². The molecule has 1 heterocycles. The van der Waals surface area contributed by atoms with Gasteiger partial charge in [0.25, 0.3) is 5.91 Å². The fourth-order valence-electron chi connectivity index (χ4n) is 2.41. The number of anilines is 2. The summed E-state index contributed by atoms with van der Waals surface area (Å²) < 4.78 is 5.42. The van der Waals surface area contributed by atoms with E-state index in [9.17, 15) is 4.79 Å². The van der Waals surface area contributed by atoms with Crippen LogP contribution in [0.15, 0.2) is 60.9 Å². The third kappa shape index (κ3) is 5.18. The van der Waals surface area contributed by atoms with Gasteiger partial charge in [-0.2, -0.15) is 0 Å². The summed E-state index contributed by atoms with van der Waals surface area (Å²) >= 11 is 6.10. The molecule has 0 spiro atoms. The predicted molar refractivity (Wildman–Crippen MR) is 106 cm³/mol. The Morgan fingerprint density at radius 2 is 1.89 bits per heavy atom. The molecule has 138 valence electrons. The second-order valence-corrected chi connectivity index (χ2v) is 6.05. The Morgan fingerprint density at radius 3 is 2.63 bits per heavy atom. The second kappa shape index (κ2) is 9.00. The lowest BCUT2D eigenvalue weighted by atomic mass is 10.2. The lowest BCUT2D eigenvalue weighted by Crippen LogP contribution is -2.24. The number of rotatable bonds is 7. The normalized spacial score (nSPS) is 10.3. The number of halogens is 1. The van der Waals surface area contributed by atoms with Crippen molar-refractivity contribution in [2.45, 2.75) is 13.5 Å². The Labute approximate surface area is 162 Å². The van der Waals surface area contributed by atoms with Crippen molar-refractivity contribution in [3.05, 3.63) is 77.2 Å². The van der Waals surface area contributed by atoms with E-state index in [0.717, 1.165) is 17.0 Å². The van der Waals surface area contributed by atoms with Crippen molar-refractivity contribution in [2.24, 2.45) is 0 Å². The number of carbonyl (C=O) groups is 1. The quantitative estimate of drug-likeness (QED) is 0.640. The van der Waals surface area contributed by atoms with Crippen LogP contribution < -0.4 is 15.4 Å². The Morgan fingerprint density at radius 1 is 1.11 bits per heavy atom. The van der Waals surface area contributed by atoms with Gasteiger partial charge in [-0.15, -0.1) is 0 Å². The van der Waals surface area contributed by atoms with Crippen LogP contribution in [-0.4, -0.2) is 22.5 Å². The van der Waals surface area contributed by atoms with E-state index in [4.69, 9.17) is 16.3 Å². The molecule has 0 saturated heterocycles. The molecule has 1 aromatic heterocycles. The summed E-state index contributed by atoms with van der Waals surface area (Å²) in [5, 5.41) is 6.56. The van der Waals surface area contributed by atoms with Crippen LogP contribution in [-0.2, 0) is 6.54 Å². The molecule has 0 fully saturated rings. The maximum Gasteiger partial charge on any atom is 0.270 e. The smallest absolute Gasteiger partial charge is 0.270 e. The molecular weight excluding hydrogens is 364 g/mol. The van der Waals surface area contributed by atoms with Gasteiger partial charge in [0, 0.05) is 23.3 Å². The van der Waals surface area contributed by atoms with Crippen LogP contribution in [0.4, 0.5) is 11.5 Å². The monoisotopic (exact) mass is 382 g/mol. The topological polar surface area (TPSA) is 76.1 Å². The van der Waals surface area contributed by atoms with Crippen molar-refractivity contribution in [1.29, 1.82) is 0 Å². The van der Waals surface area contributed by atoms with Crippen LogP contribution in [0.25, 0.3) is 0 Å². The van der Waals surface area contributed by atoms with Crippen LogP contribution in [0.3, 0.4) is 0 Å². The van der Waals surface area contributed by atoms with Gasteiger partial charge in [0.1, 0.15) is 23.6 Å². The highest BCUT2D eigenvalue weighted by Crippen LogP contribution is 2.19. The number of aromatic nitrogens is 2. The molecule has 0 radical (unpaired) electrons. The van der Waals surface area contributed by atoms with Gasteiger partial charge in [0.2, 0.25) is 0 Å². The Hall–Kier alpha value is -3.12. The minimum Gasteiger partial charge on any atom is -0.494 e. The van der Waals surface area contributed by atoms with Crippen molar-refractivity contribution in [1.82, 2.24) is 15.3 Å². The molecule has 1 amide bonds. The number of amides is 1. The lowest BCUT2D eigenvalue weighted by Gasteiger charge is -2.09. The van der Waals surface area contributed by atoms with Gasteiger partial charge in [0.05, 0.1) is 6.61 Å². The van der Waals surface area contributed by atoms with Gasteiger partial charge in [-0.1, -0.05) is 29.8 Å². The standard InChI is InChI=1S/C20H19ClN4O2/c1-2-27-16-9-7-15(8-10-16)25-19-11-18(23-13-24-19)20(26)22-12-14-5-3-4-6-17(14)21/h3-11,13H,2,12H2,1H3,(H,22,26)(H,23,24,25). The van der Waals surface area contributed by atoms with Gasteiger partial charge in [-0.3, -0.25) is 4.79 Å². The highest BCUT2D eigenvalue weighted by atomic mass is 35.5. The summed E-state index contributed by atoms with van der Waals surface area (Å²) in [6.07, 6.45) is 1.35. The van der Waals surface area contributed by atoms with Gasteiger partial charge < -0.3 is 15.4 Å². The molecule has 3 aromatic rings. The van der Waals surface area contributed by atoms with Crippen LogP contribution in [0.5, 0.6) is 5.75 Å². The highest BCUT2D eigenvalue weighted by molar-refractivity contribution is 6.31. The second-order valence-electron chi connectivity index (χ2n) is 5.64. The third-order valence-corrected chi connectivity index (χ3v) is 4.10. The lowest BCUT2D eigenvalue weighted by molar-refractivity contribution is 0.0946. The van der Waals surface area contributed by atoms with E-state index >= 15 is 0 Å². The summed E-state index contributed by atoms with van der Waals surface area (Å²) in [5.41, 5.74) is 1.94. The van der Waals surface area contributed by atoms with Gasteiger partial charge in [-0.05, 0) is 42.8 Å². The van der Waals surface area contributed by atoms with E-state index in [2.05, 4.69) is 20.6 Å². The summed E-state index contributed by atoms with van der Waals surface area (Å²) in [5.74, 6) is 1.02. The molecule has 0 atom stereocenters. The number of nitrogens with one attached hydrogen (secondary N) is 2. The van der Waals surface area contributed by atoms with Crippen molar-refractivity contribution in [2.75, 3.05) is 11.9 Å². The average Bonchev–Trinajstić information content (AvgIpc) is 2.69. The number of benzene rings is 2. The summed E-state index contributed by atoms with van der Waals surface area (Å²) in [6, 6.07) is 16.4. The first kappa shape index (κ1) is 18.7. The molecule has 3 rings (SSSR count). The zero-order valence-electron chi connectivity index (χ0n) is 14.8. The van der Waals surface area contributed by atoms with E-state index in [1.807, 2.05) is 49.4 Å². The SMILES string of the molecule is CCOc1ccc(Nc2cc(C(=O)NCc3ccccc3Cl)ncn2)cc1. The molecular formula is C20H19ClN4O2. The van der Waals surface area contributed by atoms with Crippen molar-refractivity contribution in [3.63, 3.8) is 0 Å². The Balaban J connectivity index is 1.64. The minimum absolute atomic E-state index is 0.269. The summed E-state index contributed by atoms with van der Waals surface area (Å²) in [7, 11) is 0. The first-order chi connectivity index (χ1) is 13.2. The number of carbonyl (C=O) groups excluding carboxylic acids is 1. The Bertz CT molecular complexity index is 916. The molecule has 0 saturated carbocycles. The molecule has 0 aliphatic heterocycles. The number of hydrogen-bond donors (Lipinski definition) is 2. The number of ether oxygens (including phenoxy) is 1. The zero-order valence-corrected chi connectivity index (χ0v) is 15.5. The molecule has 0 aliphatic rings. The fourth-order valence-corrected chi connectivity index (χ4v) is 2.61. The first-order valence-corrected chi connectivity index (χ1v) is 8.87. The summed E-state index contributed by atoms with van der Waals surface area (Å²) in [6.45, 7) is 2.88. The molecule has 7 heteroatoms. The maximum atomic E-state index is 12.4. The molecule has 2 N–H and O–H groups in total.